The highest BCUT2D eigenvalue weighted by atomic mass is 16.3. The van der Waals surface area contributed by atoms with Crippen molar-refractivity contribution in [3.8, 4) is 33.8 Å². The molecule has 0 aliphatic rings. The maximum Gasteiger partial charge on any atom is 0.227 e. The normalized spacial score (nSPS) is 13.7. The summed E-state index contributed by atoms with van der Waals surface area (Å²) >= 11 is 0. The van der Waals surface area contributed by atoms with Gasteiger partial charge in [-0.15, -0.1) is 0 Å². The Morgan fingerprint density at radius 3 is 1.22 bits per heavy atom. The zero-order valence-electron chi connectivity index (χ0n) is 53.8. The van der Waals surface area contributed by atoms with Gasteiger partial charge in [0.2, 0.25) is 34.2 Å². The number of aryl methyl sites for hydroxylation is 7. The molecule has 0 fully saturated rings. The number of nitrogens with zero attached hydrogens (tertiary/aromatic N) is 6. The summed E-state index contributed by atoms with van der Waals surface area (Å²) in [5.74, 6) is -0.120. The Kier molecular flexibility index (Phi) is 12.4. The smallest absolute Gasteiger partial charge is 0.227 e. The zero-order valence-corrected chi connectivity index (χ0v) is 47.8. The van der Waals surface area contributed by atoms with Crippen LogP contribution in [0.2, 0.25) is 0 Å². The zero-order chi connectivity index (χ0) is 60.7. The Morgan fingerprint density at radius 2 is 0.821 bits per heavy atom. The van der Waals surface area contributed by atoms with Crippen LogP contribution in [0, 0.1) is 44.4 Å². The SMILES string of the molecule is [2H]C([2H])(c1cc[n+](C)c(-c2c(C)ccc3c2oc2nc(C)ccc23)c1)C(C)(C)C.[2H]C([2H])(c1cc[n+](C)c(-c2c(C)ccc3c2oc2ncccc23)c1)C(C)(C)C.[2H]C([2H])(c1cc[n+](C)c(-c2c(C)ccc3c2oc2ncccc23)c1)C(C)C. The van der Waals surface area contributed by atoms with Crippen LogP contribution in [0.3, 0.4) is 0 Å². The molecule has 0 aliphatic carbocycles. The van der Waals surface area contributed by atoms with E-state index in [4.69, 9.17) is 21.5 Å². The van der Waals surface area contributed by atoms with Crippen LogP contribution in [0.4, 0.5) is 0 Å². The topological polar surface area (TPSA) is 89.7 Å². The highest BCUT2D eigenvalue weighted by Gasteiger charge is 2.26. The highest BCUT2D eigenvalue weighted by Crippen LogP contribution is 2.40. The Morgan fingerprint density at radius 1 is 0.462 bits per heavy atom. The first-order valence-corrected chi connectivity index (χ1v) is 26.8. The molecule has 3 aromatic carbocycles. The van der Waals surface area contributed by atoms with Crippen LogP contribution in [0.1, 0.15) is 103 Å². The number of furan rings is 3. The van der Waals surface area contributed by atoms with Crippen molar-refractivity contribution in [1.29, 1.82) is 0 Å². The summed E-state index contributed by atoms with van der Waals surface area (Å²) < 4.78 is 76.3. The molecule has 0 amide bonds. The number of benzene rings is 3. The number of aromatic nitrogens is 6. The second-order valence-corrected chi connectivity index (χ2v) is 23.0. The fraction of sp³-hybridized carbons (Fsp3) is 0.304. The molecule has 0 atom stereocenters. The Hall–Kier alpha value is -8.04. The lowest BCUT2D eigenvalue weighted by molar-refractivity contribution is -0.660. The summed E-state index contributed by atoms with van der Waals surface area (Å²) in [4.78, 5) is 13.3. The third kappa shape index (κ3) is 10.9. The Labute approximate surface area is 467 Å². The van der Waals surface area contributed by atoms with Crippen molar-refractivity contribution >= 4 is 66.2 Å². The van der Waals surface area contributed by atoms with Gasteiger partial charge in [-0.3, -0.25) is 0 Å². The van der Waals surface area contributed by atoms with Crippen LogP contribution in [0.15, 0.2) is 153 Å². The molecule has 9 aromatic heterocycles. The third-order valence-corrected chi connectivity index (χ3v) is 13.8. The summed E-state index contributed by atoms with van der Waals surface area (Å²) in [7, 11) is 5.93. The highest BCUT2D eigenvalue weighted by molar-refractivity contribution is 6.10. The number of hydrogen-bond donors (Lipinski definition) is 0. The van der Waals surface area contributed by atoms with Gasteiger partial charge in [0.15, 0.2) is 35.3 Å². The third-order valence-electron chi connectivity index (χ3n) is 13.8. The molecule has 9 heteroatoms. The molecular weight excluding hydrogens is 961 g/mol. The van der Waals surface area contributed by atoms with E-state index in [2.05, 4.69) is 78.2 Å². The molecule has 0 N–H and O–H groups in total. The number of rotatable bonds is 7. The van der Waals surface area contributed by atoms with Gasteiger partial charge < -0.3 is 13.3 Å². The Bertz CT molecular complexity index is 4520. The fourth-order valence-electron chi connectivity index (χ4n) is 10.3. The number of pyridine rings is 6. The standard InChI is InChI=1S/C24H27N2O.C23H25N2O.C22H23N2O/c1-15-7-9-18-19-10-8-16(2)25-23(19)27-22(18)21(15)20-13-17(11-12-26(20)6)14-24(3,4)5;1-15-8-9-17-18-7-6-11-24-22(18)26-21(17)20(15)19-13-16(10-12-25(19)5)14-23(2,3)4;1-14(2)12-16-9-11-24(4)19(13-16)20-15(3)7-8-17-18-6-5-10-23-22(18)25-21(17)20/h7-13H,14H2,1-6H3;6-13H,14H2,1-5H3;5-11,13-14H,12H2,1-4H3/q3*+1/i2*14D2;12D2. The maximum atomic E-state index is 8.70. The molecular formula is C69H75N6O3+3. The minimum atomic E-state index is -1.47. The summed E-state index contributed by atoms with van der Waals surface area (Å²) in [6, 6.07) is 35.8. The second kappa shape index (κ2) is 21.1. The van der Waals surface area contributed by atoms with Crippen LogP contribution in [0.5, 0.6) is 0 Å². The van der Waals surface area contributed by atoms with Gasteiger partial charge in [-0.25, -0.2) is 28.7 Å². The maximum absolute atomic E-state index is 8.70. The summed E-state index contributed by atoms with van der Waals surface area (Å²) in [5.41, 5.74) is 15.1. The molecule has 0 aliphatic heterocycles. The summed E-state index contributed by atoms with van der Waals surface area (Å²) in [5, 5.41) is 6.05. The van der Waals surface area contributed by atoms with Crippen molar-refractivity contribution in [2.24, 2.45) is 37.9 Å². The lowest BCUT2D eigenvalue weighted by Gasteiger charge is -2.18. The van der Waals surface area contributed by atoms with Crippen LogP contribution in [-0.4, -0.2) is 15.0 Å². The molecule has 0 saturated heterocycles. The van der Waals surface area contributed by atoms with Crippen molar-refractivity contribution in [2.45, 2.75) is 102 Å². The van der Waals surface area contributed by atoms with E-state index in [1.54, 1.807) is 12.4 Å². The summed E-state index contributed by atoms with van der Waals surface area (Å²) in [6.07, 6.45) is 4.90. The van der Waals surface area contributed by atoms with Gasteiger partial charge in [0.1, 0.15) is 21.1 Å². The van der Waals surface area contributed by atoms with Crippen molar-refractivity contribution in [3.05, 3.63) is 179 Å². The van der Waals surface area contributed by atoms with E-state index in [0.717, 1.165) is 105 Å². The first-order chi connectivity index (χ1) is 39.4. The van der Waals surface area contributed by atoms with Gasteiger partial charge in [0.25, 0.3) is 0 Å². The van der Waals surface area contributed by atoms with Crippen LogP contribution in [0.25, 0.3) is 100.0 Å². The molecule has 12 rings (SSSR count). The molecule has 0 saturated carbocycles. The number of hydrogen-bond acceptors (Lipinski definition) is 6. The lowest BCUT2D eigenvalue weighted by atomic mass is 9.87. The van der Waals surface area contributed by atoms with Gasteiger partial charge in [0, 0.05) is 95.0 Å². The van der Waals surface area contributed by atoms with Crippen molar-refractivity contribution in [3.63, 3.8) is 0 Å². The van der Waals surface area contributed by atoms with Gasteiger partial charge in [-0.1, -0.05) is 91.8 Å². The monoisotopic (exact) mass is 1040 g/mol. The van der Waals surface area contributed by atoms with E-state index >= 15 is 0 Å². The lowest BCUT2D eigenvalue weighted by Crippen LogP contribution is -2.31. The van der Waals surface area contributed by atoms with E-state index in [-0.39, 0.29) is 5.92 Å². The Balaban J connectivity index is 0.000000140. The van der Waals surface area contributed by atoms with E-state index in [1.165, 1.54) is 0 Å². The van der Waals surface area contributed by atoms with Gasteiger partial charge in [0.05, 0.1) is 16.7 Å². The van der Waals surface area contributed by atoms with Gasteiger partial charge >= 0.3 is 0 Å². The first kappa shape index (κ1) is 46.1. The van der Waals surface area contributed by atoms with Crippen molar-refractivity contribution in [2.75, 3.05) is 0 Å². The molecule has 9 nitrogen and oxygen atoms in total. The predicted octanol–water partition coefficient (Wildman–Crippen LogP) is 16.0. The molecule has 0 bridgehead atoms. The van der Waals surface area contributed by atoms with E-state index in [0.29, 0.717) is 33.8 Å². The first-order valence-electron chi connectivity index (χ1n) is 29.8. The van der Waals surface area contributed by atoms with E-state index in [1.807, 2.05) is 182 Å². The minimum absolute atomic E-state index is 0.120. The van der Waals surface area contributed by atoms with Crippen LogP contribution in [-0.2, 0) is 40.3 Å². The average molecular weight is 1040 g/mol. The fourth-order valence-corrected chi connectivity index (χ4v) is 10.3. The predicted molar refractivity (Wildman–Crippen MR) is 318 cm³/mol. The molecule has 0 unspecified atom stereocenters. The molecule has 78 heavy (non-hydrogen) atoms. The largest absolute Gasteiger partial charge is 0.437 e. The molecule has 396 valence electrons. The average Bonchev–Trinajstić information content (AvgIpc) is 1.61. The van der Waals surface area contributed by atoms with Crippen LogP contribution < -0.4 is 13.7 Å². The molecule has 12 aromatic rings. The van der Waals surface area contributed by atoms with Gasteiger partial charge in [-0.2, -0.15) is 0 Å². The molecule has 0 radical (unpaired) electrons. The van der Waals surface area contributed by atoms with E-state index < -0.39 is 29.9 Å². The quantitative estimate of drug-likeness (QED) is 0.148. The number of fused-ring (bicyclic) bond motifs is 9. The van der Waals surface area contributed by atoms with E-state index in [9.17, 15) is 0 Å². The molecule has 9 heterocycles. The van der Waals surface area contributed by atoms with Crippen LogP contribution >= 0.6 is 0 Å². The van der Waals surface area contributed by atoms with Crippen molar-refractivity contribution in [1.82, 2.24) is 15.0 Å². The minimum Gasteiger partial charge on any atom is -0.437 e. The van der Waals surface area contributed by atoms with Gasteiger partial charge in [-0.05, 0) is 133 Å². The second-order valence-electron chi connectivity index (χ2n) is 23.0. The van der Waals surface area contributed by atoms with Crippen molar-refractivity contribution < 1.29 is 35.2 Å². The molecule has 0 spiro atoms. The summed E-state index contributed by atoms with van der Waals surface area (Å²) in [6.45, 7) is 23.5.